The SMILES string of the molecule is CCC(NC(=O)CCC(CC(=O)COCCOCCNC(=O)CCCS(=O)(=O)NC(=O)CCCCCCCCCCCCCCCCC(=O)O)C(=O)O)C(=O)O. The number of carbonyl (C=O) groups is 7. The number of hydrogen-bond donors (Lipinski definition) is 6. The first-order valence-corrected chi connectivity index (χ1v) is 21.8. The third kappa shape index (κ3) is 32.6. The van der Waals surface area contributed by atoms with E-state index in [0.29, 0.717) is 6.42 Å². The first kappa shape index (κ1) is 52.4. The summed E-state index contributed by atoms with van der Waals surface area (Å²) >= 11 is 0. The lowest BCUT2D eigenvalue weighted by Gasteiger charge is -2.14. The number of unbranched alkanes of at least 4 members (excludes halogenated alkanes) is 13. The maximum atomic E-state index is 12.2. The third-order valence-corrected chi connectivity index (χ3v) is 10.3. The van der Waals surface area contributed by atoms with Crippen molar-refractivity contribution >= 4 is 51.4 Å². The molecule has 2 atom stereocenters. The molecule has 0 aromatic heterocycles. The van der Waals surface area contributed by atoms with Crippen LogP contribution < -0.4 is 15.4 Å². The number of Topliss-reactive ketones (excluding diaryl/α,β-unsaturated/α-hetero) is 1. The summed E-state index contributed by atoms with van der Waals surface area (Å²) in [7, 11) is -3.85. The van der Waals surface area contributed by atoms with Gasteiger partial charge < -0.3 is 35.4 Å². The molecule has 0 saturated carbocycles. The number of nitrogens with one attached hydrogen (secondary N) is 3. The molecule has 0 saturated heterocycles. The van der Waals surface area contributed by atoms with Crippen LogP contribution in [0.25, 0.3) is 0 Å². The summed E-state index contributed by atoms with van der Waals surface area (Å²) in [6, 6.07) is -1.07. The number of sulfonamides is 1. The second-order valence-electron chi connectivity index (χ2n) is 14.0. The summed E-state index contributed by atoms with van der Waals surface area (Å²) in [6.45, 7) is 1.63. The fraction of sp³-hybridized carbons (Fsp3) is 0.816. The van der Waals surface area contributed by atoms with Gasteiger partial charge in [-0.1, -0.05) is 84.0 Å². The minimum Gasteiger partial charge on any atom is -0.481 e. The van der Waals surface area contributed by atoms with Gasteiger partial charge in [-0.25, -0.2) is 13.2 Å². The number of hydrogen-bond acceptors (Lipinski definition) is 11. The fourth-order valence-corrected chi connectivity index (χ4v) is 6.77. The number of rotatable bonds is 39. The van der Waals surface area contributed by atoms with Gasteiger partial charge in [0.25, 0.3) is 0 Å². The van der Waals surface area contributed by atoms with Crippen LogP contribution in [0.15, 0.2) is 0 Å². The zero-order valence-corrected chi connectivity index (χ0v) is 34.0. The highest BCUT2D eigenvalue weighted by Gasteiger charge is 2.24. The van der Waals surface area contributed by atoms with Crippen LogP contribution in [0.3, 0.4) is 0 Å². The number of ether oxygens (including phenoxy) is 2. The maximum absolute atomic E-state index is 12.2. The molecule has 3 amide bonds. The molecule has 0 aliphatic heterocycles. The second kappa shape index (κ2) is 33.5. The van der Waals surface area contributed by atoms with Crippen molar-refractivity contribution in [3.63, 3.8) is 0 Å². The molecule has 0 bridgehead atoms. The van der Waals surface area contributed by atoms with Crippen LogP contribution >= 0.6 is 0 Å². The lowest BCUT2D eigenvalue weighted by atomic mass is 9.97. The van der Waals surface area contributed by atoms with Crippen LogP contribution in [0, 0.1) is 5.92 Å². The molecule has 324 valence electrons. The summed E-state index contributed by atoms with van der Waals surface area (Å²) in [5.41, 5.74) is 0. The number of carboxylic acid groups (broad SMARTS) is 3. The van der Waals surface area contributed by atoms with Gasteiger partial charge in [-0.3, -0.25) is 33.5 Å². The van der Waals surface area contributed by atoms with Crippen molar-refractivity contribution in [2.75, 3.05) is 38.7 Å². The maximum Gasteiger partial charge on any atom is 0.326 e. The number of carboxylic acids is 3. The minimum absolute atomic E-state index is 0.0281. The topological polar surface area (TPSA) is 269 Å². The van der Waals surface area contributed by atoms with E-state index >= 15 is 0 Å². The highest BCUT2D eigenvalue weighted by Crippen LogP contribution is 2.15. The molecule has 0 aliphatic rings. The van der Waals surface area contributed by atoms with E-state index in [1.54, 1.807) is 6.92 Å². The first-order chi connectivity index (χ1) is 26.7. The molecule has 0 spiro atoms. The molecule has 18 heteroatoms. The van der Waals surface area contributed by atoms with Gasteiger partial charge in [0, 0.05) is 38.6 Å². The van der Waals surface area contributed by atoms with Crippen LogP contribution in [0.5, 0.6) is 0 Å². The van der Waals surface area contributed by atoms with Crippen molar-refractivity contribution < 1.29 is 66.8 Å². The Bertz CT molecular complexity index is 1280. The summed E-state index contributed by atoms with van der Waals surface area (Å²) in [6.07, 6.45) is 14.5. The van der Waals surface area contributed by atoms with E-state index in [2.05, 4.69) is 15.4 Å². The Morgan fingerprint density at radius 3 is 1.62 bits per heavy atom. The quantitative estimate of drug-likeness (QED) is 0.0477. The zero-order valence-electron chi connectivity index (χ0n) is 33.2. The van der Waals surface area contributed by atoms with Crippen LogP contribution in [0.1, 0.15) is 148 Å². The normalized spacial score (nSPS) is 12.4. The van der Waals surface area contributed by atoms with Gasteiger partial charge in [0.2, 0.25) is 27.7 Å². The largest absolute Gasteiger partial charge is 0.481 e. The number of ketones is 1. The molecule has 56 heavy (non-hydrogen) atoms. The summed E-state index contributed by atoms with van der Waals surface area (Å²) < 4.78 is 37.1. The second-order valence-corrected chi connectivity index (χ2v) is 15.8. The van der Waals surface area contributed by atoms with Gasteiger partial charge in [-0.05, 0) is 32.1 Å². The number of aliphatic carboxylic acids is 3. The summed E-state index contributed by atoms with van der Waals surface area (Å²) in [5, 5.41) is 31.9. The Labute approximate surface area is 331 Å². The van der Waals surface area contributed by atoms with Gasteiger partial charge in [0.05, 0.1) is 31.5 Å². The Hall–Kier alpha value is -3.64. The van der Waals surface area contributed by atoms with Gasteiger partial charge >= 0.3 is 17.9 Å². The van der Waals surface area contributed by atoms with E-state index in [9.17, 15) is 47.1 Å². The fourth-order valence-electron chi connectivity index (χ4n) is 5.70. The molecule has 0 aromatic carbocycles. The molecular formula is C38H67N3O14S. The van der Waals surface area contributed by atoms with Gasteiger partial charge in [0.1, 0.15) is 12.6 Å². The molecule has 0 aliphatic carbocycles. The standard InChI is InChI=1S/C38H67N3O14S/c1-2-32(38(50)51)40-34(44)22-21-30(37(48)49)28-31(42)29-55-26-25-54-24-23-39-33(43)19-17-27-56(52,53)41-35(45)18-15-13-11-9-7-5-3-4-6-8-10-12-14-16-20-36(46)47/h30,32H,2-29H2,1H3,(H,39,43)(H,40,44)(H,41,45)(H,46,47)(H,48,49)(H,50,51). The van der Waals surface area contributed by atoms with Crippen LogP contribution in [0.4, 0.5) is 0 Å². The van der Waals surface area contributed by atoms with E-state index in [0.717, 1.165) is 51.4 Å². The predicted molar refractivity (Wildman–Crippen MR) is 207 cm³/mol. The third-order valence-electron chi connectivity index (χ3n) is 8.92. The van der Waals surface area contributed by atoms with E-state index in [4.69, 9.17) is 19.7 Å². The molecular weight excluding hydrogens is 754 g/mol. The Kier molecular flexibility index (Phi) is 31.3. The van der Waals surface area contributed by atoms with Crippen molar-refractivity contribution in [2.24, 2.45) is 5.92 Å². The molecule has 0 heterocycles. The summed E-state index contributed by atoms with van der Waals surface area (Å²) in [5.74, 6) is -6.69. The van der Waals surface area contributed by atoms with Crippen molar-refractivity contribution in [2.45, 2.75) is 154 Å². The zero-order chi connectivity index (χ0) is 42.0. The molecule has 2 unspecified atom stereocenters. The van der Waals surface area contributed by atoms with Crippen molar-refractivity contribution in [3.05, 3.63) is 0 Å². The lowest BCUT2D eigenvalue weighted by molar-refractivity contribution is -0.145. The Morgan fingerprint density at radius 1 is 0.589 bits per heavy atom. The number of carbonyl (C=O) groups excluding carboxylic acids is 4. The van der Waals surface area contributed by atoms with Crippen molar-refractivity contribution in [1.82, 2.24) is 15.4 Å². The minimum atomic E-state index is -3.85. The Morgan fingerprint density at radius 2 is 1.11 bits per heavy atom. The van der Waals surface area contributed by atoms with Crippen LogP contribution in [-0.2, 0) is 53.1 Å². The van der Waals surface area contributed by atoms with Gasteiger partial charge in [-0.15, -0.1) is 0 Å². The molecule has 6 N–H and O–H groups in total. The molecule has 0 fully saturated rings. The van der Waals surface area contributed by atoms with Crippen LogP contribution in [-0.4, -0.2) is 110 Å². The lowest BCUT2D eigenvalue weighted by Crippen LogP contribution is -2.40. The molecule has 0 rings (SSSR count). The van der Waals surface area contributed by atoms with Crippen molar-refractivity contribution in [3.8, 4) is 0 Å². The van der Waals surface area contributed by atoms with E-state index in [1.807, 2.05) is 0 Å². The first-order valence-electron chi connectivity index (χ1n) is 20.1. The average Bonchev–Trinajstić information content (AvgIpc) is 3.12. The predicted octanol–water partition coefficient (Wildman–Crippen LogP) is 4.11. The van der Waals surface area contributed by atoms with Gasteiger partial charge in [-0.2, -0.15) is 0 Å². The van der Waals surface area contributed by atoms with E-state index < -0.39 is 57.5 Å². The Balaban J connectivity index is 3.82. The molecule has 0 aromatic rings. The molecule has 0 radical (unpaired) electrons. The van der Waals surface area contributed by atoms with Gasteiger partial charge in [0.15, 0.2) is 5.78 Å². The van der Waals surface area contributed by atoms with Crippen LogP contribution in [0.2, 0.25) is 0 Å². The highest BCUT2D eigenvalue weighted by atomic mass is 32.2. The average molecular weight is 822 g/mol. The monoisotopic (exact) mass is 821 g/mol. The smallest absolute Gasteiger partial charge is 0.326 e. The van der Waals surface area contributed by atoms with E-state index in [-0.39, 0.29) is 96.0 Å². The molecule has 17 nitrogen and oxygen atoms in total. The van der Waals surface area contributed by atoms with Crippen molar-refractivity contribution in [1.29, 1.82) is 0 Å². The van der Waals surface area contributed by atoms with E-state index in [1.165, 1.54) is 32.1 Å². The highest BCUT2D eigenvalue weighted by molar-refractivity contribution is 7.90. The summed E-state index contributed by atoms with van der Waals surface area (Å²) in [4.78, 5) is 81.3. The number of amides is 3.